The van der Waals surface area contributed by atoms with Crippen LogP contribution in [0.1, 0.15) is 13.3 Å². The van der Waals surface area contributed by atoms with Crippen molar-refractivity contribution < 1.29 is 4.74 Å². The number of aromatic nitrogens is 2. The van der Waals surface area contributed by atoms with Crippen molar-refractivity contribution in [2.45, 2.75) is 13.3 Å². The third-order valence-electron chi connectivity index (χ3n) is 2.55. The Balaban J connectivity index is 2.32. The van der Waals surface area contributed by atoms with Gasteiger partial charge in [0.15, 0.2) is 0 Å². The summed E-state index contributed by atoms with van der Waals surface area (Å²) in [5.74, 6) is 1.60. The van der Waals surface area contributed by atoms with Gasteiger partial charge in [0.2, 0.25) is 0 Å². The Morgan fingerprint density at radius 1 is 1.15 bits per heavy atom. The molecule has 0 saturated heterocycles. The number of anilines is 2. The van der Waals surface area contributed by atoms with Crippen LogP contribution < -0.4 is 10.6 Å². The highest BCUT2D eigenvalue weighted by Crippen LogP contribution is 2.26. The summed E-state index contributed by atoms with van der Waals surface area (Å²) >= 11 is 3.52. The largest absolute Gasteiger partial charge is 0.378 e. The van der Waals surface area contributed by atoms with Crippen molar-refractivity contribution in [2.24, 2.45) is 0 Å². The second-order valence-electron chi connectivity index (χ2n) is 4.65. The molecular formula is C13H24BrN5O. The fourth-order valence-corrected chi connectivity index (χ4v) is 1.94. The fourth-order valence-electron chi connectivity index (χ4n) is 1.45. The van der Waals surface area contributed by atoms with Crippen molar-refractivity contribution in [3.05, 3.63) is 10.8 Å². The van der Waals surface area contributed by atoms with E-state index in [4.69, 9.17) is 4.74 Å². The lowest BCUT2D eigenvalue weighted by atomic mass is 10.4. The molecule has 1 rings (SSSR count). The second kappa shape index (κ2) is 9.90. The maximum absolute atomic E-state index is 5.52. The Bertz CT molecular complexity index is 389. The van der Waals surface area contributed by atoms with Crippen molar-refractivity contribution in [1.29, 1.82) is 0 Å². The first kappa shape index (κ1) is 17.1. The molecule has 0 aliphatic carbocycles. The Labute approximate surface area is 129 Å². The molecule has 0 aromatic carbocycles. The van der Waals surface area contributed by atoms with E-state index in [-0.39, 0.29) is 0 Å². The van der Waals surface area contributed by atoms with Gasteiger partial charge in [0.05, 0.1) is 13.2 Å². The minimum Gasteiger partial charge on any atom is -0.378 e. The molecule has 0 bridgehead atoms. The van der Waals surface area contributed by atoms with Crippen molar-refractivity contribution in [3.63, 3.8) is 0 Å². The summed E-state index contributed by atoms with van der Waals surface area (Å²) in [6.07, 6.45) is 2.61. The maximum Gasteiger partial charge on any atom is 0.146 e. The van der Waals surface area contributed by atoms with Crippen LogP contribution in [0.5, 0.6) is 0 Å². The fraction of sp³-hybridized carbons (Fsp3) is 0.692. The normalized spacial score (nSPS) is 10.8. The van der Waals surface area contributed by atoms with E-state index in [1.807, 2.05) is 14.1 Å². The van der Waals surface area contributed by atoms with E-state index in [1.54, 1.807) is 6.33 Å². The van der Waals surface area contributed by atoms with Gasteiger partial charge >= 0.3 is 0 Å². The lowest BCUT2D eigenvalue weighted by molar-refractivity contribution is 0.126. The minimum atomic E-state index is 0.655. The van der Waals surface area contributed by atoms with E-state index < -0.39 is 0 Å². The van der Waals surface area contributed by atoms with Crippen LogP contribution in [0.4, 0.5) is 11.6 Å². The van der Waals surface area contributed by atoms with E-state index in [1.165, 1.54) is 0 Å². The summed E-state index contributed by atoms with van der Waals surface area (Å²) in [5.41, 5.74) is 0. The zero-order valence-electron chi connectivity index (χ0n) is 12.4. The van der Waals surface area contributed by atoms with Crippen LogP contribution in [0.3, 0.4) is 0 Å². The third kappa shape index (κ3) is 6.49. The highest BCUT2D eigenvalue weighted by atomic mass is 79.9. The van der Waals surface area contributed by atoms with Crippen molar-refractivity contribution in [2.75, 3.05) is 57.6 Å². The quantitative estimate of drug-likeness (QED) is 0.633. The van der Waals surface area contributed by atoms with Crippen LogP contribution in [0, 0.1) is 0 Å². The number of rotatable bonds is 10. The summed E-state index contributed by atoms with van der Waals surface area (Å²) in [6.45, 7) is 6.05. The Morgan fingerprint density at radius 2 is 1.80 bits per heavy atom. The monoisotopic (exact) mass is 345 g/mol. The molecule has 20 heavy (non-hydrogen) atoms. The average molecular weight is 346 g/mol. The predicted octanol–water partition coefficient (Wildman–Crippen LogP) is 2.05. The Morgan fingerprint density at radius 3 is 2.40 bits per heavy atom. The lowest BCUT2D eigenvalue weighted by Gasteiger charge is -2.12. The van der Waals surface area contributed by atoms with Crippen LogP contribution in [0.2, 0.25) is 0 Å². The van der Waals surface area contributed by atoms with Gasteiger partial charge in [-0.2, -0.15) is 0 Å². The number of likely N-dealkylation sites (N-methyl/N-ethyl adjacent to an activating group) is 1. The first-order valence-corrected chi connectivity index (χ1v) is 7.65. The maximum atomic E-state index is 5.52. The molecule has 1 heterocycles. The second-order valence-corrected chi connectivity index (χ2v) is 5.45. The molecule has 6 nitrogen and oxygen atoms in total. The van der Waals surface area contributed by atoms with Crippen LogP contribution in [0.25, 0.3) is 0 Å². The van der Waals surface area contributed by atoms with Crippen LogP contribution >= 0.6 is 15.9 Å². The predicted molar refractivity (Wildman–Crippen MR) is 86.4 cm³/mol. The van der Waals surface area contributed by atoms with Crippen molar-refractivity contribution in [1.82, 2.24) is 14.9 Å². The van der Waals surface area contributed by atoms with Crippen LogP contribution in [0.15, 0.2) is 10.8 Å². The van der Waals surface area contributed by atoms with Gasteiger partial charge in [0.1, 0.15) is 22.4 Å². The van der Waals surface area contributed by atoms with E-state index in [0.717, 1.165) is 48.8 Å². The first-order chi connectivity index (χ1) is 9.65. The highest BCUT2D eigenvalue weighted by Gasteiger charge is 2.07. The summed E-state index contributed by atoms with van der Waals surface area (Å²) in [4.78, 5) is 10.5. The van der Waals surface area contributed by atoms with Gasteiger partial charge in [-0.15, -0.1) is 0 Å². The highest BCUT2D eigenvalue weighted by molar-refractivity contribution is 9.10. The molecule has 7 heteroatoms. The van der Waals surface area contributed by atoms with E-state index in [2.05, 4.69) is 48.4 Å². The summed E-state index contributed by atoms with van der Waals surface area (Å²) < 4.78 is 6.39. The Hall–Kier alpha value is -0.920. The number of ether oxygens (including phenoxy) is 1. The summed E-state index contributed by atoms with van der Waals surface area (Å²) in [7, 11) is 4.06. The molecule has 0 aliphatic rings. The van der Waals surface area contributed by atoms with Gasteiger partial charge < -0.3 is 20.3 Å². The minimum absolute atomic E-state index is 0.655. The molecular weight excluding hydrogens is 322 g/mol. The molecule has 0 spiro atoms. The zero-order valence-corrected chi connectivity index (χ0v) is 14.0. The molecule has 0 fully saturated rings. The molecule has 0 amide bonds. The number of nitrogens with zero attached hydrogens (tertiary/aromatic N) is 3. The number of halogens is 1. The number of hydrogen-bond donors (Lipinski definition) is 2. The smallest absolute Gasteiger partial charge is 0.146 e. The zero-order chi connectivity index (χ0) is 14.8. The third-order valence-corrected chi connectivity index (χ3v) is 3.30. The summed E-state index contributed by atoms with van der Waals surface area (Å²) in [6, 6.07) is 0. The molecule has 114 valence electrons. The van der Waals surface area contributed by atoms with Crippen LogP contribution in [-0.4, -0.2) is 61.8 Å². The lowest BCUT2D eigenvalue weighted by Crippen LogP contribution is -2.20. The number of hydrogen-bond acceptors (Lipinski definition) is 6. The van der Waals surface area contributed by atoms with E-state index >= 15 is 0 Å². The molecule has 0 saturated carbocycles. The van der Waals surface area contributed by atoms with Crippen molar-refractivity contribution in [3.8, 4) is 0 Å². The molecule has 1 aromatic rings. The van der Waals surface area contributed by atoms with Gasteiger partial charge in [-0.1, -0.05) is 6.92 Å². The van der Waals surface area contributed by atoms with Gasteiger partial charge in [-0.3, -0.25) is 0 Å². The molecule has 0 aliphatic heterocycles. The van der Waals surface area contributed by atoms with E-state index in [0.29, 0.717) is 6.61 Å². The molecule has 1 aromatic heterocycles. The first-order valence-electron chi connectivity index (χ1n) is 6.85. The average Bonchev–Trinajstić information content (AvgIpc) is 2.42. The van der Waals surface area contributed by atoms with E-state index in [9.17, 15) is 0 Å². The van der Waals surface area contributed by atoms with Gasteiger partial charge in [0, 0.05) is 19.6 Å². The molecule has 0 atom stereocenters. The van der Waals surface area contributed by atoms with Gasteiger partial charge in [0.25, 0.3) is 0 Å². The number of nitrogens with one attached hydrogen (secondary N) is 2. The summed E-state index contributed by atoms with van der Waals surface area (Å²) in [5, 5.41) is 6.49. The van der Waals surface area contributed by atoms with Gasteiger partial charge in [-0.05, 0) is 36.4 Å². The molecule has 0 radical (unpaired) electrons. The van der Waals surface area contributed by atoms with Crippen LogP contribution in [-0.2, 0) is 4.74 Å². The topological polar surface area (TPSA) is 62.3 Å². The molecule has 0 unspecified atom stereocenters. The SMILES string of the molecule is CCCNc1ncnc(NCCOCCN(C)C)c1Br. The Kier molecular flexibility index (Phi) is 8.48. The molecule has 2 N–H and O–H groups in total. The standard InChI is InChI=1S/C13H24BrN5O/c1-4-5-15-12-11(14)13(18-10-17-12)16-6-8-20-9-7-19(2)3/h10H,4-9H2,1-3H3,(H2,15,16,17,18). The van der Waals surface area contributed by atoms with Crippen molar-refractivity contribution >= 4 is 27.6 Å². The van der Waals surface area contributed by atoms with Gasteiger partial charge in [-0.25, -0.2) is 9.97 Å².